The predicted molar refractivity (Wildman–Crippen MR) is 89.5 cm³/mol. The van der Waals surface area contributed by atoms with Crippen LogP contribution in [-0.2, 0) is 11.8 Å². The van der Waals surface area contributed by atoms with Gasteiger partial charge in [-0.05, 0) is 42.0 Å². The third-order valence-electron chi connectivity index (χ3n) is 3.58. The molecule has 0 radical (unpaired) electrons. The third-order valence-corrected chi connectivity index (χ3v) is 3.58. The Balaban J connectivity index is 2.20. The third kappa shape index (κ3) is 3.02. The van der Waals surface area contributed by atoms with Crippen molar-refractivity contribution in [2.24, 2.45) is 12.8 Å². The molecule has 0 spiro atoms. The van der Waals surface area contributed by atoms with Gasteiger partial charge in [0.2, 0.25) is 5.91 Å². The molecule has 3 N–H and O–H groups in total. The minimum atomic E-state index is -0.322. The van der Waals surface area contributed by atoms with Crippen LogP contribution >= 0.6 is 0 Å². The lowest BCUT2D eigenvalue weighted by Crippen LogP contribution is -2.23. The van der Waals surface area contributed by atoms with Crippen LogP contribution < -0.4 is 11.1 Å². The second kappa shape index (κ2) is 6.59. The van der Waals surface area contributed by atoms with Gasteiger partial charge in [0.15, 0.2) is 0 Å². The highest BCUT2D eigenvalue weighted by atomic mass is 19.1. The van der Waals surface area contributed by atoms with E-state index in [0.717, 1.165) is 16.7 Å². The van der Waals surface area contributed by atoms with Crippen LogP contribution in [0.25, 0.3) is 22.4 Å². The number of amides is 1. The Bertz CT molecular complexity index is 859. The molecule has 0 unspecified atom stereocenters. The molecule has 1 aromatic carbocycles. The molecular formula is C17H16FN5O. The largest absolute Gasteiger partial charge is 0.322 e. The quantitative estimate of drug-likeness (QED) is 0.770. The molecule has 3 aromatic rings. The molecule has 3 rings (SSSR count). The highest BCUT2D eigenvalue weighted by Crippen LogP contribution is 2.37. The zero-order valence-corrected chi connectivity index (χ0v) is 13.0. The van der Waals surface area contributed by atoms with Gasteiger partial charge in [-0.3, -0.25) is 14.5 Å². The summed E-state index contributed by atoms with van der Waals surface area (Å²) in [7, 11) is 1.73. The number of nitrogens with two attached hydrogens (primary N) is 1. The van der Waals surface area contributed by atoms with Crippen molar-refractivity contribution in [2.45, 2.75) is 0 Å². The number of benzene rings is 1. The summed E-state index contributed by atoms with van der Waals surface area (Å²) in [6.45, 7) is -0.132. The monoisotopic (exact) mass is 325 g/mol. The van der Waals surface area contributed by atoms with Crippen molar-refractivity contribution in [1.29, 1.82) is 0 Å². The summed E-state index contributed by atoms with van der Waals surface area (Å²) < 4.78 is 14.8. The molecule has 0 atom stereocenters. The molecule has 0 saturated heterocycles. The van der Waals surface area contributed by atoms with Gasteiger partial charge in [-0.2, -0.15) is 5.10 Å². The zero-order chi connectivity index (χ0) is 17.1. The van der Waals surface area contributed by atoms with E-state index in [1.165, 1.54) is 12.1 Å². The van der Waals surface area contributed by atoms with Crippen LogP contribution in [0.2, 0.25) is 0 Å². The number of carbonyl (C=O) groups excluding carboxylic acids is 1. The summed E-state index contributed by atoms with van der Waals surface area (Å²) in [5.41, 5.74) is 8.35. The summed E-state index contributed by atoms with van der Waals surface area (Å²) in [4.78, 5) is 15.8. The lowest BCUT2D eigenvalue weighted by molar-refractivity contribution is -0.114. The lowest BCUT2D eigenvalue weighted by Gasteiger charge is -2.08. The standard InChI is InChI=1S/C17H16FN5O/c1-23-17(21-14(24)10-19)15(11-6-8-20-9-7-11)16(22-23)12-2-4-13(18)5-3-12/h2-9H,10,19H2,1H3,(H,21,24). The molecule has 0 fully saturated rings. The van der Waals surface area contributed by atoms with Crippen LogP contribution in [0.5, 0.6) is 0 Å². The Morgan fingerprint density at radius 2 is 1.83 bits per heavy atom. The number of aryl methyl sites for hydroxylation is 1. The SMILES string of the molecule is Cn1nc(-c2ccc(F)cc2)c(-c2ccncc2)c1NC(=O)CN. The number of aromatic nitrogens is 3. The van der Waals surface area contributed by atoms with Crippen molar-refractivity contribution in [1.82, 2.24) is 14.8 Å². The van der Waals surface area contributed by atoms with Crippen LogP contribution in [0.1, 0.15) is 0 Å². The average Bonchev–Trinajstić information content (AvgIpc) is 2.92. The molecule has 0 saturated carbocycles. The first kappa shape index (κ1) is 15.8. The minimum absolute atomic E-state index is 0.132. The Hall–Kier alpha value is -3.06. The minimum Gasteiger partial charge on any atom is -0.322 e. The van der Waals surface area contributed by atoms with E-state index >= 15 is 0 Å². The van der Waals surface area contributed by atoms with Gasteiger partial charge in [0.1, 0.15) is 17.3 Å². The number of hydrogen-bond acceptors (Lipinski definition) is 4. The molecule has 1 amide bonds. The van der Waals surface area contributed by atoms with Gasteiger partial charge < -0.3 is 11.1 Å². The fourth-order valence-corrected chi connectivity index (χ4v) is 2.45. The van der Waals surface area contributed by atoms with Gasteiger partial charge in [0.25, 0.3) is 0 Å². The fourth-order valence-electron chi connectivity index (χ4n) is 2.45. The summed E-state index contributed by atoms with van der Waals surface area (Å²) >= 11 is 0. The summed E-state index contributed by atoms with van der Waals surface area (Å²) in [5.74, 6) is -0.119. The van der Waals surface area contributed by atoms with Gasteiger partial charge in [0.05, 0.1) is 12.1 Å². The van der Waals surface area contributed by atoms with E-state index in [2.05, 4.69) is 15.4 Å². The molecule has 24 heavy (non-hydrogen) atoms. The van der Waals surface area contributed by atoms with Crippen molar-refractivity contribution < 1.29 is 9.18 Å². The van der Waals surface area contributed by atoms with Crippen molar-refractivity contribution in [3.05, 3.63) is 54.6 Å². The Labute approximate surface area is 138 Å². The summed E-state index contributed by atoms with van der Waals surface area (Å²) in [6, 6.07) is 9.69. The molecule has 0 aliphatic rings. The van der Waals surface area contributed by atoms with Crippen molar-refractivity contribution in [3.63, 3.8) is 0 Å². The highest BCUT2D eigenvalue weighted by Gasteiger charge is 2.20. The van der Waals surface area contributed by atoms with Crippen LogP contribution in [0.15, 0.2) is 48.8 Å². The second-order valence-electron chi connectivity index (χ2n) is 5.19. The normalized spacial score (nSPS) is 10.6. The lowest BCUT2D eigenvalue weighted by atomic mass is 10.0. The van der Waals surface area contributed by atoms with E-state index in [1.807, 2.05) is 12.1 Å². The van der Waals surface area contributed by atoms with Gasteiger partial charge in [0, 0.05) is 25.0 Å². The molecule has 2 heterocycles. The van der Waals surface area contributed by atoms with Gasteiger partial charge in [-0.1, -0.05) is 0 Å². The van der Waals surface area contributed by atoms with E-state index in [-0.39, 0.29) is 18.3 Å². The maximum absolute atomic E-state index is 13.2. The zero-order valence-electron chi connectivity index (χ0n) is 13.0. The van der Waals surface area contributed by atoms with Gasteiger partial charge >= 0.3 is 0 Å². The molecule has 0 bridgehead atoms. The van der Waals surface area contributed by atoms with Crippen LogP contribution in [0, 0.1) is 5.82 Å². The summed E-state index contributed by atoms with van der Waals surface area (Å²) in [6.07, 6.45) is 3.32. The number of nitrogens with zero attached hydrogens (tertiary/aromatic N) is 3. The van der Waals surface area contributed by atoms with E-state index in [1.54, 1.807) is 36.3 Å². The maximum atomic E-state index is 13.2. The maximum Gasteiger partial charge on any atom is 0.239 e. The first-order valence-electron chi connectivity index (χ1n) is 7.33. The first-order chi connectivity index (χ1) is 11.6. The fraction of sp³-hybridized carbons (Fsp3) is 0.118. The van der Waals surface area contributed by atoms with Crippen LogP contribution in [0.3, 0.4) is 0 Å². The smallest absolute Gasteiger partial charge is 0.239 e. The second-order valence-corrected chi connectivity index (χ2v) is 5.19. The molecule has 6 nitrogen and oxygen atoms in total. The van der Waals surface area contributed by atoms with Crippen LogP contribution in [0.4, 0.5) is 10.2 Å². The number of anilines is 1. The topological polar surface area (TPSA) is 85.8 Å². The van der Waals surface area contributed by atoms with E-state index in [0.29, 0.717) is 11.5 Å². The number of carbonyl (C=O) groups is 1. The molecule has 122 valence electrons. The highest BCUT2D eigenvalue weighted by molar-refractivity contribution is 5.98. The number of halogens is 1. The Morgan fingerprint density at radius 1 is 1.17 bits per heavy atom. The van der Waals surface area contributed by atoms with E-state index in [9.17, 15) is 9.18 Å². The predicted octanol–water partition coefficient (Wildman–Crippen LogP) is 2.19. The van der Waals surface area contributed by atoms with Crippen molar-refractivity contribution in [2.75, 3.05) is 11.9 Å². The van der Waals surface area contributed by atoms with Gasteiger partial charge in [-0.15, -0.1) is 0 Å². The Morgan fingerprint density at radius 3 is 2.46 bits per heavy atom. The van der Waals surface area contributed by atoms with Gasteiger partial charge in [-0.25, -0.2) is 4.39 Å². The molecule has 2 aromatic heterocycles. The summed E-state index contributed by atoms with van der Waals surface area (Å²) in [5, 5.41) is 7.26. The number of rotatable bonds is 4. The molecule has 0 aliphatic heterocycles. The first-order valence-corrected chi connectivity index (χ1v) is 7.33. The average molecular weight is 325 g/mol. The number of hydrogen-bond donors (Lipinski definition) is 2. The number of pyridine rings is 1. The Kier molecular flexibility index (Phi) is 4.35. The van der Waals surface area contributed by atoms with Crippen molar-refractivity contribution >= 4 is 11.7 Å². The molecular weight excluding hydrogens is 309 g/mol. The van der Waals surface area contributed by atoms with E-state index in [4.69, 9.17) is 5.73 Å². The van der Waals surface area contributed by atoms with Crippen molar-refractivity contribution in [3.8, 4) is 22.4 Å². The molecule has 0 aliphatic carbocycles. The van der Waals surface area contributed by atoms with Crippen LogP contribution in [-0.4, -0.2) is 27.2 Å². The molecule has 7 heteroatoms. The van der Waals surface area contributed by atoms with E-state index < -0.39 is 0 Å². The number of nitrogens with one attached hydrogen (secondary N) is 1.